The van der Waals surface area contributed by atoms with E-state index in [2.05, 4.69) is 24.1 Å². The van der Waals surface area contributed by atoms with Crippen LogP contribution in [0.15, 0.2) is 54.6 Å². The molecule has 0 radical (unpaired) electrons. The lowest BCUT2D eigenvalue weighted by molar-refractivity contribution is -0.123. The van der Waals surface area contributed by atoms with Gasteiger partial charge >= 0.3 is 5.97 Å². The number of fused-ring (bicyclic) bond motifs is 1. The van der Waals surface area contributed by atoms with Crippen molar-refractivity contribution in [1.29, 1.82) is 0 Å². The predicted octanol–water partition coefficient (Wildman–Crippen LogP) is 5.59. The van der Waals surface area contributed by atoms with Crippen LogP contribution in [0.1, 0.15) is 49.0 Å². The van der Waals surface area contributed by atoms with Crippen LogP contribution in [-0.2, 0) is 9.53 Å². The van der Waals surface area contributed by atoms with Gasteiger partial charge in [-0.2, -0.15) is 0 Å². The molecule has 0 bridgehead atoms. The topological polar surface area (TPSA) is 68.3 Å². The van der Waals surface area contributed by atoms with Crippen molar-refractivity contribution in [2.45, 2.75) is 39.2 Å². The number of anilines is 1. The van der Waals surface area contributed by atoms with E-state index in [1.807, 2.05) is 30.3 Å². The predicted molar refractivity (Wildman–Crippen MR) is 115 cm³/mol. The summed E-state index contributed by atoms with van der Waals surface area (Å²) in [5.41, 5.74) is 2.65. The van der Waals surface area contributed by atoms with Crippen LogP contribution >= 0.6 is 11.6 Å². The highest BCUT2D eigenvalue weighted by atomic mass is 35.5. The zero-order valence-corrected chi connectivity index (χ0v) is 17.4. The van der Waals surface area contributed by atoms with Crippen LogP contribution in [0.5, 0.6) is 0 Å². The van der Waals surface area contributed by atoms with Gasteiger partial charge in [0.2, 0.25) is 0 Å². The van der Waals surface area contributed by atoms with Crippen LogP contribution in [0, 0.1) is 0 Å². The van der Waals surface area contributed by atoms with Gasteiger partial charge in [-0.15, -0.1) is 0 Å². The molecule has 1 heterocycles. The van der Waals surface area contributed by atoms with Crippen molar-refractivity contribution in [1.82, 2.24) is 4.98 Å². The fourth-order valence-electron chi connectivity index (χ4n) is 3.08. The third-order valence-electron chi connectivity index (χ3n) is 4.92. The number of rotatable bonds is 6. The van der Waals surface area contributed by atoms with Crippen molar-refractivity contribution in [2.75, 3.05) is 5.32 Å². The van der Waals surface area contributed by atoms with Gasteiger partial charge in [-0.1, -0.05) is 61.8 Å². The first kappa shape index (κ1) is 20.8. The maximum atomic E-state index is 12.7. The molecule has 0 spiro atoms. The molecular formula is C23H23ClN2O3. The minimum absolute atomic E-state index is 0.190. The smallest absolute Gasteiger partial charge is 0.339 e. The number of benzene rings is 2. The van der Waals surface area contributed by atoms with E-state index in [-0.39, 0.29) is 10.7 Å². The van der Waals surface area contributed by atoms with E-state index in [1.54, 1.807) is 25.1 Å². The number of hydrogen-bond donors (Lipinski definition) is 1. The van der Waals surface area contributed by atoms with Gasteiger partial charge < -0.3 is 10.1 Å². The van der Waals surface area contributed by atoms with Crippen LogP contribution in [0.2, 0.25) is 5.15 Å². The van der Waals surface area contributed by atoms with Crippen molar-refractivity contribution in [3.05, 3.63) is 70.9 Å². The minimum atomic E-state index is -0.974. The quantitative estimate of drug-likeness (QED) is 0.425. The number of ether oxygens (including phenoxy) is 1. The van der Waals surface area contributed by atoms with E-state index >= 15 is 0 Å². The third-order valence-corrected chi connectivity index (χ3v) is 5.11. The van der Waals surface area contributed by atoms with E-state index in [1.165, 1.54) is 6.07 Å². The average molecular weight is 411 g/mol. The fourth-order valence-corrected chi connectivity index (χ4v) is 3.28. The Kier molecular flexibility index (Phi) is 6.49. The zero-order valence-electron chi connectivity index (χ0n) is 16.6. The number of nitrogens with zero attached hydrogens (tertiary/aromatic N) is 1. The highest BCUT2D eigenvalue weighted by molar-refractivity contribution is 6.30. The van der Waals surface area contributed by atoms with Crippen LogP contribution in [-0.4, -0.2) is 23.0 Å². The summed E-state index contributed by atoms with van der Waals surface area (Å²) < 4.78 is 5.42. The number of esters is 1. The number of halogens is 1. The molecule has 0 aliphatic rings. The van der Waals surface area contributed by atoms with Crippen LogP contribution in [0.3, 0.4) is 0 Å². The van der Waals surface area contributed by atoms with Gasteiger partial charge in [0.05, 0.1) is 11.1 Å². The molecule has 0 fully saturated rings. The largest absolute Gasteiger partial charge is 0.449 e. The first-order valence-corrected chi connectivity index (χ1v) is 9.94. The number of aromatic nitrogens is 1. The number of carbonyl (C=O) groups is 2. The van der Waals surface area contributed by atoms with Crippen molar-refractivity contribution in [3.8, 4) is 0 Å². The van der Waals surface area contributed by atoms with Crippen molar-refractivity contribution < 1.29 is 14.3 Å². The lowest BCUT2D eigenvalue weighted by Gasteiger charge is -2.18. The minimum Gasteiger partial charge on any atom is -0.449 e. The average Bonchev–Trinajstić information content (AvgIpc) is 2.72. The van der Waals surface area contributed by atoms with Gasteiger partial charge in [0.15, 0.2) is 6.10 Å². The summed E-state index contributed by atoms with van der Waals surface area (Å²) in [5.74, 6) is -0.711. The summed E-state index contributed by atoms with van der Waals surface area (Å²) in [5, 5.41) is 3.69. The molecule has 29 heavy (non-hydrogen) atoms. The first-order valence-electron chi connectivity index (χ1n) is 9.56. The highest BCUT2D eigenvalue weighted by Gasteiger charge is 2.22. The Bertz CT molecular complexity index is 1050. The number of para-hydroxylation sites is 2. The van der Waals surface area contributed by atoms with E-state index in [0.29, 0.717) is 16.8 Å². The Morgan fingerprint density at radius 1 is 1.10 bits per heavy atom. The maximum absolute atomic E-state index is 12.7. The molecule has 1 N–H and O–H groups in total. The van der Waals surface area contributed by atoms with E-state index in [0.717, 1.165) is 17.7 Å². The molecule has 5 nitrogen and oxygen atoms in total. The molecule has 3 aromatic rings. The third kappa shape index (κ3) is 4.74. The molecule has 0 unspecified atom stereocenters. The van der Waals surface area contributed by atoms with Gasteiger partial charge in [-0.3, -0.25) is 4.79 Å². The van der Waals surface area contributed by atoms with E-state index < -0.39 is 18.0 Å². The standard InChI is InChI=1S/C23H23ClN2O3/c1-4-14(2)16-9-5-7-11-19(16)26-22(27)15(3)29-23(28)18-13-21(24)25-20-12-8-6-10-17(18)20/h5-15H,4H2,1-3H3,(H,26,27)/t14-,15+/m1/s1. The van der Waals surface area contributed by atoms with Crippen molar-refractivity contribution >= 4 is 40.1 Å². The Morgan fingerprint density at radius 2 is 1.79 bits per heavy atom. The van der Waals surface area contributed by atoms with Crippen molar-refractivity contribution in [3.63, 3.8) is 0 Å². The second-order valence-corrected chi connectivity index (χ2v) is 7.33. The Balaban J connectivity index is 1.77. The summed E-state index contributed by atoms with van der Waals surface area (Å²) in [6.45, 7) is 5.74. The lowest BCUT2D eigenvalue weighted by atomic mass is 9.97. The number of carbonyl (C=O) groups excluding carboxylic acids is 2. The summed E-state index contributed by atoms with van der Waals surface area (Å²) in [6.07, 6.45) is -0.0222. The van der Waals surface area contributed by atoms with Gasteiger partial charge in [-0.25, -0.2) is 9.78 Å². The first-order chi connectivity index (χ1) is 13.9. The monoisotopic (exact) mass is 410 g/mol. The van der Waals surface area contributed by atoms with E-state index in [4.69, 9.17) is 16.3 Å². The molecule has 2 atom stereocenters. The molecule has 2 aromatic carbocycles. The second-order valence-electron chi connectivity index (χ2n) is 6.94. The maximum Gasteiger partial charge on any atom is 0.339 e. The number of nitrogens with one attached hydrogen (secondary N) is 1. The molecule has 0 saturated heterocycles. The molecule has 0 saturated carbocycles. The second kappa shape index (κ2) is 9.05. The Hall–Kier alpha value is -2.92. The molecule has 3 rings (SSSR count). The molecule has 1 amide bonds. The summed E-state index contributed by atoms with van der Waals surface area (Å²) in [6, 6.07) is 16.2. The molecule has 150 valence electrons. The van der Waals surface area contributed by atoms with E-state index in [9.17, 15) is 9.59 Å². The molecule has 0 aliphatic heterocycles. The molecule has 1 aromatic heterocycles. The normalized spacial score (nSPS) is 13.0. The van der Waals surface area contributed by atoms with Gasteiger partial charge in [0.25, 0.3) is 5.91 Å². The fraction of sp³-hybridized carbons (Fsp3) is 0.261. The molecule has 6 heteroatoms. The Labute approximate surface area is 175 Å². The number of pyridine rings is 1. The van der Waals surface area contributed by atoms with Crippen LogP contribution in [0.4, 0.5) is 5.69 Å². The van der Waals surface area contributed by atoms with Crippen LogP contribution in [0.25, 0.3) is 10.9 Å². The van der Waals surface area contributed by atoms with Crippen LogP contribution < -0.4 is 5.32 Å². The summed E-state index contributed by atoms with van der Waals surface area (Å²) in [7, 11) is 0. The zero-order chi connectivity index (χ0) is 21.0. The molecular weight excluding hydrogens is 388 g/mol. The lowest BCUT2D eigenvalue weighted by Crippen LogP contribution is -2.30. The van der Waals surface area contributed by atoms with Crippen molar-refractivity contribution in [2.24, 2.45) is 0 Å². The number of amides is 1. The highest BCUT2D eigenvalue weighted by Crippen LogP contribution is 2.27. The molecule has 0 aliphatic carbocycles. The summed E-state index contributed by atoms with van der Waals surface area (Å²) >= 11 is 6.04. The van der Waals surface area contributed by atoms with Gasteiger partial charge in [0.1, 0.15) is 5.15 Å². The summed E-state index contributed by atoms with van der Waals surface area (Å²) in [4.78, 5) is 29.6. The SMILES string of the molecule is CC[C@@H](C)c1ccccc1NC(=O)[C@H](C)OC(=O)c1cc(Cl)nc2ccccc12. The van der Waals surface area contributed by atoms with Gasteiger partial charge in [-0.05, 0) is 43.0 Å². The number of hydrogen-bond acceptors (Lipinski definition) is 4. The van der Waals surface area contributed by atoms with Gasteiger partial charge in [0, 0.05) is 11.1 Å². The Morgan fingerprint density at radius 3 is 2.55 bits per heavy atom.